The van der Waals surface area contributed by atoms with E-state index in [0.717, 1.165) is 5.69 Å². The van der Waals surface area contributed by atoms with Crippen LogP contribution in [0, 0.1) is 6.92 Å². The summed E-state index contributed by atoms with van der Waals surface area (Å²) in [5, 5.41) is 0. The van der Waals surface area contributed by atoms with Crippen LogP contribution in [0.25, 0.3) is 0 Å². The van der Waals surface area contributed by atoms with Crippen molar-refractivity contribution in [2.45, 2.75) is 6.92 Å². The van der Waals surface area contributed by atoms with Crippen LogP contribution in [0.2, 0.25) is 0 Å². The average molecular weight is 249 g/mol. The molecule has 0 unspecified atom stereocenters. The molecule has 1 rings (SSSR count). The van der Waals surface area contributed by atoms with Crippen LogP contribution in [0.5, 0.6) is 0 Å². The molecule has 1 aromatic carbocycles. The molecule has 0 aromatic heterocycles. The number of nitrogen functional groups attached to an aromatic ring is 1. The van der Waals surface area contributed by atoms with Gasteiger partial charge in [0.1, 0.15) is 20.4 Å². The fourth-order valence-electron chi connectivity index (χ4n) is 0.670. The summed E-state index contributed by atoms with van der Waals surface area (Å²) in [7, 11) is 0. The van der Waals surface area contributed by atoms with Gasteiger partial charge in [-0.2, -0.15) is 0 Å². The molecule has 84 valence electrons. The fourth-order valence-corrected chi connectivity index (χ4v) is 0.670. The fraction of sp³-hybridized carbons (Fsp3) is 0.100. The number of aryl methyl sites for hydroxylation is 1. The van der Waals surface area contributed by atoms with Crippen molar-refractivity contribution >= 4 is 26.1 Å². The van der Waals surface area contributed by atoms with Crippen molar-refractivity contribution < 1.29 is 31.7 Å². The van der Waals surface area contributed by atoms with Crippen LogP contribution >= 0.6 is 0 Å². The minimum atomic E-state index is 0. The molecule has 0 bridgehead atoms. The SMILES string of the molecule is C=O.C=O.C=O.Cc1cccc(N)c1.[Cr]. The van der Waals surface area contributed by atoms with Crippen molar-refractivity contribution in [3.8, 4) is 0 Å². The van der Waals surface area contributed by atoms with E-state index in [4.69, 9.17) is 20.1 Å². The van der Waals surface area contributed by atoms with Crippen LogP contribution in [0.1, 0.15) is 5.56 Å². The van der Waals surface area contributed by atoms with E-state index in [1.165, 1.54) is 5.56 Å². The van der Waals surface area contributed by atoms with Gasteiger partial charge in [-0.3, -0.25) is 0 Å². The topological polar surface area (TPSA) is 77.2 Å². The van der Waals surface area contributed by atoms with Gasteiger partial charge < -0.3 is 20.1 Å². The van der Waals surface area contributed by atoms with Gasteiger partial charge in [-0.15, -0.1) is 0 Å². The van der Waals surface area contributed by atoms with Crippen molar-refractivity contribution in [1.29, 1.82) is 0 Å². The van der Waals surface area contributed by atoms with E-state index in [-0.39, 0.29) is 17.4 Å². The Labute approximate surface area is 101 Å². The number of nitrogens with two attached hydrogens (primary N) is 1. The molecule has 0 heterocycles. The van der Waals surface area contributed by atoms with Gasteiger partial charge in [-0.1, -0.05) is 12.1 Å². The molecule has 1 aromatic rings. The summed E-state index contributed by atoms with van der Waals surface area (Å²) in [5.74, 6) is 0. The molecule has 2 N–H and O–H groups in total. The zero-order valence-electron chi connectivity index (χ0n) is 8.64. The molecule has 0 spiro atoms. The first-order valence-electron chi connectivity index (χ1n) is 3.48. The third kappa shape index (κ3) is 19.1. The van der Waals surface area contributed by atoms with Gasteiger partial charge >= 0.3 is 0 Å². The number of rotatable bonds is 0. The van der Waals surface area contributed by atoms with Gasteiger partial charge in [0.2, 0.25) is 0 Å². The van der Waals surface area contributed by atoms with E-state index in [9.17, 15) is 0 Å². The minimum absolute atomic E-state index is 0. The summed E-state index contributed by atoms with van der Waals surface area (Å²) in [6.07, 6.45) is 0. The molecule has 4 nitrogen and oxygen atoms in total. The van der Waals surface area contributed by atoms with Crippen LogP contribution in [-0.4, -0.2) is 20.4 Å². The van der Waals surface area contributed by atoms with Crippen molar-refractivity contribution in [2.24, 2.45) is 0 Å². The molecular weight excluding hydrogens is 234 g/mol. The largest absolute Gasteiger partial charge is 0.399 e. The van der Waals surface area contributed by atoms with Gasteiger partial charge in [-0.25, -0.2) is 0 Å². The maximum Gasteiger partial charge on any atom is 0.106 e. The van der Waals surface area contributed by atoms with Crippen LogP contribution in [-0.2, 0) is 31.7 Å². The normalized spacial score (nSPS) is 5.67. The molecule has 0 radical (unpaired) electrons. The second-order valence-corrected chi connectivity index (χ2v) is 1.91. The summed E-state index contributed by atoms with van der Waals surface area (Å²) < 4.78 is 0. The second-order valence-electron chi connectivity index (χ2n) is 1.91. The van der Waals surface area contributed by atoms with E-state index >= 15 is 0 Å². The van der Waals surface area contributed by atoms with Crippen molar-refractivity contribution in [3.05, 3.63) is 29.8 Å². The third-order valence-electron chi connectivity index (χ3n) is 1.04. The first-order valence-corrected chi connectivity index (χ1v) is 3.48. The average Bonchev–Trinajstić information content (AvgIpc) is 2.26. The monoisotopic (exact) mass is 249 g/mol. The van der Waals surface area contributed by atoms with Crippen LogP contribution in [0.15, 0.2) is 24.3 Å². The summed E-state index contributed by atoms with van der Waals surface area (Å²) in [6, 6.07) is 7.80. The molecule has 0 aliphatic heterocycles. The molecule has 0 aliphatic carbocycles. The zero-order valence-corrected chi connectivity index (χ0v) is 9.92. The predicted molar refractivity (Wildman–Crippen MR) is 57.0 cm³/mol. The summed E-state index contributed by atoms with van der Waals surface area (Å²) in [5.41, 5.74) is 7.51. The van der Waals surface area contributed by atoms with Crippen LogP contribution < -0.4 is 5.73 Å². The standard InChI is InChI=1S/C7H9N.3CH2O.Cr/c1-6-3-2-4-7(8)5-6;3*1-2;/h2-5H,8H2,1H3;3*1H2;. The number of carbonyl (C=O) groups excluding carboxylic acids is 3. The van der Waals surface area contributed by atoms with E-state index in [2.05, 4.69) is 0 Å². The van der Waals surface area contributed by atoms with Crippen molar-refractivity contribution in [2.75, 3.05) is 5.73 Å². The molecule has 0 fully saturated rings. The molecule has 0 atom stereocenters. The van der Waals surface area contributed by atoms with Gasteiger partial charge in [-0.05, 0) is 24.6 Å². The smallest absolute Gasteiger partial charge is 0.106 e. The minimum Gasteiger partial charge on any atom is -0.399 e. The van der Waals surface area contributed by atoms with Gasteiger partial charge in [0.15, 0.2) is 0 Å². The first kappa shape index (κ1) is 23.4. The van der Waals surface area contributed by atoms with Crippen molar-refractivity contribution in [1.82, 2.24) is 0 Å². The Kier molecular flexibility index (Phi) is 35.7. The number of carbonyl (C=O) groups is 3. The summed E-state index contributed by atoms with van der Waals surface area (Å²) in [4.78, 5) is 24.0. The van der Waals surface area contributed by atoms with Crippen LogP contribution in [0.3, 0.4) is 0 Å². The summed E-state index contributed by atoms with van der Waals surface area (Å²) >= 11 is 0. The number of benzene rings is 1. The molecular formula is C10H15CrNO3. The Morgan fingerprint density at radius 2 is 1.40 bits per heavy atom. The maximum atomic E-state index is 8.00. The Bertz CT molecular complexity index is 212. The predicted octanol–water partition coefficient (Wildman–Crippen LogP) is 1.02. The van der Waals surface area contributed by atoms with E-state index < -0.39 is 0 Å². The van der Waals surface area contributed by atoms with Crippen LogP contribution in [0.4, 0.5) is 5.69 Å². The second kappa shape index (κ2) is 22.9. The van der Waals surface area contributed by atoms with E-state index in [1.54, 1.807) is 0 Å². The number of hydrogen-bond donors (Lipinski definition) is 1. The first-order chi connectivity index (χ1) is 6.79. The third-order valence-corrected chi connectivity index (χ3v) is 1.04. The Morgan fingerprint density at radius 3 is 1.60 bits per heavy atom. The molecule has 0 saturated carbocycles. The number of anilines is 1. The maximum absolute atomic E-state index is 8.00. The summed E-state index contributed by atoms with van der Waals surface area (Å²) in [6.45, 7) is 8.02. The molecule has 0 aliphatic rings. The molecule has 5 heteroatoms. The Hall–Kier alpha value is -1.44. The van der Waals surface area contributed by atoms with E-state index in [1.807, 2.05) is 51.6 Å². The number of hydrogen-bond acceptors (Lipinski definition) is 4. The molecule has 0 amide bonds. The van der Waals surface area contributed by atoms with Gasteiger partial charge in [0.05, 0.1) is 0 Å². The van der Waals surface area contributed by atoms with E-state index in [0.29, 0.717) is 0 Å². The van der Waals surface area contributed by atoms with Crippen molar-refractivity contribution in [3.63, 3.8) is 0 Å². The Morgan fingerprint density at radius 1 is 1.00 bits per heavy atom. The molecule has 0 saturated heterocycles. The Balaban J connectivity index is -0.0000000755. The van der Waals surface area contributed by atoms with Gasteiger partial charge in [0, 0.05) is 23.0 Å². The quantitative estimate of drug-likeness (QED) is 0.696. The zero-order chi connectivity index (χ0) is 12.0. The molecule has 15 heavy (non-hydrogen) atoms. The van der Waals surface area contributed by atoms with Gasteiger partial charge in [0.25, 0.3) is 0 Å².